The van der Waals surface area contributed by atoms with Crippen LogP contribution in [0.15, 0.2) is 23.1 Å². The van der Waals surface area contributed by atoms with Crippen molar-refractivity contribution in [3.05, 3.63) is 23.8 Å². The molecule has 0 unspecified atom stereocenters. The average molecular weight is 294 g/mol. The zero-order chi connectivity index (χ0) is 14.2. The van der Waals surface area contributed by atoms with E-state index in [2.05, 4.69) is 5.32 Å². The third-order valence-corrected chi connectivity index (χ3v) is 6.40. The van der Waals surface area contributed by atoms with E-state index in [4.69, 9.17) is 0 Å². The van der Waals surface area contributed by atoms with Gasteiger partial charge < -0.3 is 5.32 Å². The Kier molecular flexibility index (Phi) is 3.73. The third-order valence-electron chi connectivity index (χ3n) is 4.47. The second kappa shape index (κ2) is 5.37. The summed E-state index contributed by atoms with van der Waals surface area (Å²) in [6, 6.07) is 5.49. The van der Waals surface area contributed by atoms with Crippen LogP contribution >= 0.6 is 0 Å². The second-order valence-electron chi connectivity index (χ2n) is 5.75. The topological polar surface area (TPSA) is 49.4 Å². The van der Waals surface area contributed by atoms with E-state index in [-0.39, 0.29) is 0 Å². The van der Waals surface area contributed by atoms with Gasteiger partial charge in [-0.15, -0.1) is 0 Å². The highest BCUT2D eigenvalue weighted by molar-refractivity contribution is 7.89. The first kappa shape index (κ1) is 13.9. The molecule has 1 N–H and O–H groups in total. The van der Waals surface area contributed by atoms with Crippen LogP contribution in [0, 0.1) is 5.92 Å². The van der Waals surface area contributed by atoms with Crippen molar-refractivity contribution >= 4 is 15.7 Å². The Labute approximate surface area is 121 Å². The van der Waals surface area contributed by atoms with Gasteiger partial charge in [-0.2, -0.15) is 4.31 Å². The number of fused-ring (bicyclic) bond motifs is 1. The molecule has 1 aromatic carbocycles. The van der Waals surface area contributed by atoms with E-state index in [0.29, 0.717) is 23.9 Å². The minimum absolute atomic E-state index is 0.423. The molecule has 0 saturated heterocycles. The molecule has 0 spiro atoms. The molecule has 20 heavy (non-hydrogen) atoms. The highest BCUT2D eigenvalue weighted by Gasteiger charge is 2.29. The van der Waals surface area contributed by atoms with Gasteiger partial charge in [0.25, 0.3) is 0 Å². The summed E-state index contributed by atoms with van der Waals surface area (Å²) in [7, 11) is -3.35. The molecule has 1 saturated carbocycles. The van der Waals surface area contributed by atoms with Crippen LogP contribution < -0.4 is 5.32 Å². The van der Waals surface area contributed by atoms with E-state index in [1.165, 1.54) is 12.0 Å². The monoisotopic (exact) mass is 294 g/mol. The zero-order valence-electron chi connectivity index (χ0n) is 11.9. The fourth-order valence-corrected chi connectivity index (χ4v) is 4.49. The van der Waals surface area contributed by atoms with Gasteiger partial charge in [-0.3, -0.25) is 0 Å². The van der Waals surface area contributed by atoms with E-state index in [0.717, 1.165) is 31.5 Å². The Balaban J connectivity index is 1.85. The van der Waals surface area contributed by atoms with Gasteiger partial charge in [0.2, 0.25) is 10.0 Å². The van der Waals surface area contributed by atoms with Crippen molar-refractivity contribution in [1.82, 2.24) is 4.31 Å². The molecule has 1 aliphatic heterocycles. The SMILES string of the molecule is CCN(CC1CCC1)S(=O)(=O)c1ccc2c(c1)NCC2. The van der Waals surface area contributed by atoms with Gasteiger partial charge in [0.05, 0.1) is 4.90 Å². The average Bonchev–Trinajstić information content (AvgIpc) is 2.84. The van der Waals surface area contributed by atoms with E-state index in [9.17, 15) is 8.42 Å². The Morgan fingerprint density at radius 1 is 1.35 bits per heavy atom. The highest BCUT2D eigenvalue weighted by atomic mass is 32.2. The van der Waals surface area contributed by atoms with Crippen LogP contribution in [0.2, 0.25) is 0 Å². The first-order valence-corrected chi connectivity index (χ1v) is 8.92. The third kappa shape index (κ3) is 2.44. The molecule has 1 heterocycles. The maximum absolute atomic E-state index is 12.7. The Bertz CT molecular complexity index is 594. The van der Waals surface area contributed by atoms with Crippen LogP contribution in [0.1, 0.15) is 31.7 Å². The molecule has 3 rings (SSSR count). The second-order valence-corrected chi connectivity index (χ2v) is 7.69. The molecule has 0 amide bonds. The van der Waals surface area contributed by atoms with Crippen LogP contribution in [0.3, 0.4) is 0 Å². The molecule has 2 aliphatic rings. The quantitative estimate of drug-likeness (QED) is 0.907. The lowest BCUT2D eigenvalue weighted by Gasteiger charge is -2.31. The summed E-state index contributed by atoms with van der Waals surface area (Å²) < 4.78 is 27.1. The fourth-order valence-electron chi connectivity index (χ4n) is 2.94. The molecular weight excluding hydrogens is 272 g/mol. The molecule has 5 heteroatoms. The number of hydrogen-bond acceptors (Lipinski definition) is 3. The van der Waals surface area contributed by atoms with Crippen molar-refractivity contribution in [3.63, 3.8) is 0 Å². The van der Waals surface area contributed by atoms with E-state index in [1.54, 1.807) is 16.4 Å². The smallest absolute Gasteiger partial charge is 0.243 e. The zero-order valence-corrected chi connectivity index (χ0v) is 12.7. The molecule has 1 aromatic rings. The Hall–Kier alpha value is -1.07. The van der Waals surface area contributed by atoms with Gasteiger partial charge in [-0.1, -0.05) is 19.4 Å². The standard InChI is InChI=1S/C15H22N2O2S/c1-2-17(11-12-4-3-5-12)20(18,19)14-7-6-13-8-9-16-15(13)10-14/h6-7,10,12,16H,2-5,8-9,11H2,1H3. The van der Waals surface area contributed by atoms with Gasteiger partial charge in [0, 0.05) is 25.3 Å². The number of nitrogens with zero attached hydrogens (tertiary/aromatic N) is 1. The fraction of sp³-hybridized carbons (Fsp3) is 0.600. The number of hydrogen-bond donors (Lipinski definition) is 1. The molecule has 4 nitrogen and oxygen atoms in total. The molecular formula is C15H22N2O2S. The van der Waals surface area contributed by atoms with E-state index < -0.39 is 10.0 Å². The van der Waals surface area contributed by atoms with Crippen molar-refractivity contribution in [1.29, 1.82) is 0 Å². The van der Waals surface area contributed by atoms with Gasteiger partial charge in [0.1, 0.15) is 0 Å². The van der Waals surface area contributed by atoms with Crippen molar-refractivity contribution < 1.29 is 8.42 Å². The van der Waals surface area contributed by atoms with Gasteiger partial charge in [0.15, 0.2) is 0 Å². The summed E-state index contributed by atoms with van der Waals surface area (Å²) in [5.41, 5.74) is 2.19. The highest BCUT2D eigenvalue weighted by Crippen LogP contribution is 2.31. The summed E-state index contributed by atoms with van der Waals surface area (Å²) in [6.07, 6.45) is 4.55. The van der Waals surface area contributed by atoms with Crippen molar-refractivity contribution in [2.45, 2.75) is 37.5 Å². The van der Waals surface area contributed by atoms with E-state index in [1.807, 2.05) is 13.0 Å². The van der Waals surface area contributed by atoms with Crippen molar-refractivity contribution in [2.24, 2.45) is 5.92 Å². The first-order chi connectivity index (χ1) is 9.61. The van der Waals surface area contributed by atoms with Gasteiger partial charge in [-0.05, 0) is 42.9 Å². The van der Waals surface area contributed by atoms with E-state index >= 15 is 0 Å². The number of benzene rings is 1. The number of sulfonamides is 1. The summed E-state index contributed by atoms with van der Waals surface area (Å²) in [5, 5.41) is 3.25. The summed E-state index contributed by atoms with van der Waals surface area (Å²) in [6.45, 7) is 4.03. The first-order valence-electron chi connectivity index (χ1n) is 7.48. The molecule has 110 valence electrons. The summed E-state index contributed by atoms with van der Waals surface area (Å²) in [5.74, 6) is 0.553. The lowest BCUT2D eigenvalue weighted by Crippen LogP contribution is -2.37. The van der Waals surface area contributed by atoms with Crippen LogP contribution in [-0.4, -0.2) is 32.4 Å². The molecule has 0 bridgehead atoms. The normalized spacial score (nSPS) is 18.7. The number of nitrogens with one attached hydrogen (secondary N) is 1. The minimum Gasteiger partial charge on any atom is -0.384 e. The minimum atomic E-state index is -3.35. The largest absolute Gasteiger partial charge is 0.384 e. The van der Waals surface area contributed by atoms with Crippen LogP contribution in [-0.2, 0) is 16.4 Å². The summed E-state index contributed by atoms with van der Waals surface area (Å²) >= 11 is 0. The molecule has 1 fully saturated rings. The van der Waals surface area contributed by atoms with Crippen LogP contribution in [0.25, 0.3) is 0 Å². The molecule has 1 aliphatic carbocycles. The maximum atomic E-state index is 12.7. The lowest BCUT2D eigenvalue weighted by molar-refractivity contribution is 0.250. The number of anilines is 1. The number of rotatable bonds is 5. The maximum Gasteiger partial charge on any atom is 0.243 e. The Morgan fingerprint density at radius 2 is 2.15 bits per heavy atom. The van der Waals surface area contributed by atoms with Crippen LogP contribution in [0.5, 0.6) is 0 Å². The predicted octanol–water partition coefficient (Wildman–Crippen LogP) is 2.47. The molecule has 0 aromatic heterocycles. The van der Waals surface area contributed by atoms with Crippen LogP contribution in [0.4, 0.5) is 5.69 Å². The molecule has 0 atom stereocenters. The van der Waals surface area contributed by atoms with Gasteiger partial charge in [-0.25, -0.2) is 8.42 Å². The van der Waals surface area contributed by atoms with Crippen molar-refractivity contribution in [2.75, 3.05) is 25.0 Å². The predicted molar refractivity (Wildman–Crippen MR) is 80.4 cm³/mol. The summed E-state index contributed by atoms with van der Waals surface area (Å²) in [4.78, 5) is 0.423. The molecule has 0 radical (unpaired) electrons. The van der Waals surface area contributed by atoms with Gasteiger partial charge >= 0.3 is 0 Å². The van der Waals surface area contributed by atoms with Crippen molar-refractivity contribution in [3.8, 4) is 0 Å². The lowest BCUT2D eigenvalue weighted by atomic mass is 9.85. The Morgan fingerprint density at radius 3 is 2.80 bits per heavy atom.